The first-order valence-corrected chi connectivity index (χ1v) is 8.64. The predicted molar refractivity (Wildman–Crippen MR) is 91.3 cm³/mol. The average molecular weight is 328 g/mol. The number of hydrogen-bond acceptors (Lipinski definition) is 3. The molecule has 1 aromatic rings. The summed E-state index contributed by atoms with van der Waals surface area (Å²) in [4.78, 5) is 25.7. The first-order chi connectivity index (χ1) is 11.7. The molecule has 1 aromatic carbocycles. The molecule has 128 valence electrons. The number of likely N-dealkylation sites (tertiary alicyclic amines) is 1. The third-order valence-electron chi connectivity index (χ3n) is 4.77. The standard InChI is InChI=1S/C19H24N2O3/c22-18(21-11-9-17(10-12-21)16-7-4-8-16)13-20-19(23)24-14-15-5-2-1-3-6-15/h1-3,5-6H,4,7-14H2,(H,20,23). The highest BCUT2D eigenvalue weighted by atomic mass is 16.5. The Balaban J connectivity index is 1.35. The van der Waals surface area contributed by atoms with Gasteiger partial charge in [-0.15, -0.1) is 0 Å². The van der Waals surface area contributed by atoms with Crippen molar-refractivity contribution in [1.82, 2.24) is 10.2 Å². The quantitative estimate of drug-likeness (QED) is 0.864. The molecule has 0 radical (unpaired) electrons. The van der Waals surface area contributed by atoms with E-state index >= 15 is 0 Å². The number of nitrogens with one attached hydrogen (secondary N) is 1. The first-order valence-electron chi connectivity index (χ1n) is 8.64. The van der Waals surface area contributed by atoms with Crippen LogP contribution in [0.3, 0.4) is 0 Å². The minimum atomic E-state index is -0.554. The zero-order chi connectivity index (χ0) is 16.8. The van der Waals surface area contributed by atoms with Gasteiger partial charge in [-0.3, -0.25) is 4.79 Å². The fraction of sp³-hybridized carbons (Fsp3) is 0.474. The number of ether oxygens (including phenoxy) is 1. The van der Waals surface area contributed by atoms with Crippen molar-refractivity contribution < 1.29 is 14.3 Å². The second-order valence-corrected chi connectivity index (χ2v) is 6.36. The lowest BCUT2D eigenvalue weighted by atomic mass is 9.84. The Kier molecular flexibility index (Phi) is 5.51. The van der Waals surface area contributed by atoms with Crippen molar-refractivity contribution in [2.45, 2.75) is 38.7 Å². The van der Waals surface area contributed by atoms with Crippen LogP contribution in [-0.4, -0.2) is 36.5 Å². The number of hydrogen-bond donors (Lipinski definition) is 1. The summed E-state index contributed by atoms with van der Waals surface area (Å²) in [5.74, 6) is -0.0377. The molecule has 0 bridgehead atoms. The van der Waals surface area contributed by atoms with Crippen LogP contribution >= 0.6 is 0 Å². The van der Waals surface area contributed by atoms with E-state index in [2.05, 4.69) is 5.32 Å². The molecule has 0 aromatic heterocycles. The molecule has 1 aliphatic carbocycles. The van der Waals surface area contributed by atoms with Gasteiger partial charge in [-0.05, 0) is 37.7 Å². The summed E-state index contributed by atoms with van der Waals surface area (Å²) in [6.07, 6.45) is 5.23. The third kappa shape index (κ3) is 4.37. The van der Waals surface area contributed by atoms with Gasteiger partial charge in [0.25, 0.3) is 0 Å². The maximum absolute atomic E-state index is 12.2. The van der Waals surface area contributed by atoms with Gasteiger partial charge in [0, 0.05) is 13.1 Å². The molecular weight excluding hydrogens is 304 g/mol. The van der Waals surface area contributed by atoms with Crippen LogP contribution < -0.4 is 5.32 Å². The van der Waals surface area contributed by atoms with E-state index in [1.54, 1.807) is 11.1 Å². The van der Waals surface area contributed by atoms with Gasteiger partial charge < -0.3 is 15.0 Å². The molecule has 0 atom stereocenters. The highest BCUT2D eigenvalue weighted by Gasteiger charge is 2.23. The first kappa shape index (κ1) is 16.6. The lowest BCUT2D eigenvalue weighted by Gasteiger charge is -2.32. The lowest BCUT2D eigenvalue weighted by Crippen LogP contribution is -2.43. The van der Waals surface area contributed by atoms with E-state index in [0.29, 0.717) is 0 Å². The summed E-state index contributed by atoms with van der Waals surface area (Å²) in [5.41, 5.74) is 4.09. The fourth-order valence-corrected chi connectivity index (χ4v) is 3.12. The van der Waals surface area contributed by atoms with Gasteiger partial charge in [-0.2, -0.15) is 0 Å². The summed E-state index contributed by atoms with van der Waals surface area (Å²) in [5, 5.41) is 2.54. The van der Waals surface area contributed by atoms with E-state index in [0.717, 1.165) is 31.5 Å². The minimum Gasteiger partial charge on any atom is -0.445 e. The predicted octanol–water partition coefficient (Wildman–Crippen LogP) is 3.02. The van der Waals surface area contributed by atoms with E-state index in [4.69, 9.17) is 4.74 Å². The molecule has 24 heavy (non-hydrogen) atoms. The molecule has 1 aliphatic heterocycles. The monoisotopic (exact) mass is 328 g/mol. The van der Waals surface area contributed by atoms with Crippen molar-refractivity contribution in [3.63, 3.8) is 0 Å². The SMILES string of the molecule is O=C(NCC(=O)N1CCC(=C2CCC2)CC1)OCc1ccccc1. The summed E-state index contributed by atoms with van der Waals surface area (Å²) < 4.78 is 5.11. The highest BCUT2D eigenvalue weighted by Crippen LogP contribution is 2.33. The molecule has 3 rings (SSSR count). The van der Waals surface area contributed by atoms with Gasteiger partial charge in [0.15, 0.2) is 0 Å². The largest absolute Gasteiger partial charge is 0.445 e. The number of allylic oxidation sites excluding steroid dienone is 1. The van der Waals surface area contributed by atoms with Gasteiger partial charge >= 0.3 is 6.09 Å². The number of benzene rings is 1. The Hall–Kier alpha value is -2.30. The zero-order valence-electron chi connectivity index (χ0n) is 13.9. The van der Waals surface area contributed by atoms with Gasteiger partial charge in [0.1, 0.15) is 13.2 Å². The number of amides is 2. The van der Waals surface area contributed by atoms with Crippen molar-refractivity contribution in [3.8, 4) is 0 Å². The van der Waals surface area contributed by atoms with Crippen LogP contribution in [0.25, 0.3) is 0 Å². The fourth-order valence-electron chi connectivity index (χ4n) is 3.12. The van der Waals surface area contributed by atoms with Crippen LogP contribution in [0.15, 0.2) is 41.5 Å². The van der Waals surface area contributed by atoms with E-state index in [9.17, 15) is 9.59 Å². The molecule has 2 amide bonds. The van der Waals surface area contributed by atoms with Crippen molar-refractivity contribution in [1.29, 1.82) is 0 Å². The van der Waals surface area contributed by atoms with Crippen LogP contribution in [0, 0.1) is 0 Å². The minimum absolute atomic E-state index is 0.000468. The Morgan fingerprint density at radius 2 is 1.67 bits per heavy atom. The second kappa shape index (κ2) is 7.99. The van der Waals surface area contributed by atoms with Crippen LogP contribution in [0.5, 0.6) is 0 Å². The molecule has 1 saturated heterocycles. The number of rotatable bonds is 4. The highest BCUT2D eigenvalue weighted by molar-refractivity contribution is 5.82. The van der Waals surface area contributed by atoms with Gasteiger partial charge in [-0.1, -0.05) is 41.5 Å². The lowest BCUT2D eigenvalue weighted by molar-refractivity contribution is -0.130. The van der Waals surface area contributed by atoms with E-state index in [-0.39, 0.29) is 19.1 Å². The smallest absolute Gasteiger partial charge is 0.407 e. The summed E-state index contributed by atoms with van der Waals surface area (Å²) in [7, 11) is 0. The van der Waals surface area contributed by atoms with E-state index in [1.165, 1.54) is 19.3 Å². The molecule has 0 unspecified atom stereocenters. The van der Waals surface area contributed by atoms with Crippen LogP contribution in [-0.2, 0) is 16.1 Å². The van der Waals surface area contributed by atoms with E-state index in [1.807, 2.05) is 35.2 Å². The van der Waals surface area contributed by atoms with Gasteiger partial charge in [-0.25, -0.2) is 4.79 Å². The summed E-state index contributed by atoms with van der Waals surface area (Å²) in [6.45, 7) is 1.73. The normalized spacial score (nSPS) is 17.2. The number of carbonyl (C=O) groups excluding carboxylic acids is 2. The van der Waals surface area contributed by atoms with E-state index < -0.39 is 6.09 Å². The molecule has 5 heteroatoms. The molecule has 2 fully saturated rings. The molecule has 5 nitrogen and oxygen atoms in total. The Bertz CT molecular complexity index is 609. The second-order valence-electron chi connectivity index (χ2n) is 6.36. The molecule has 1 N–H and O–H groups in total. The van der Waals surface area contributed by atoms with Gasteiger partial charge in [0.05, 0.1) is 0 Å². The Labute approximate surface area is 142 Å². The number of nitrogens with zero attached hydrogens (tertiary/aromatic N) is 1. The van der Waals surface area contributed by atoms with Crippen molar-refractivity contribution >= 4 is 12.0 Å². The maximum Gasteiger partial charge on any atom is 0.407 e. The van der Waals surface area contributed by atoms with Crippen molar-refractivity contribution in [2.24, 2.45) is 0 Å². The molecule has 1 saturated carbocycles. The number of piperidine rings is 1. The summed E-state index contributed by atoms with van der Waals surface area (Å²) in [6, 6.07) is 9.47. The third-order valence-corrected chi connectivity index (χ3v) is 4.77. The van der Waals surface area contributed by atoms with Crippen LogP contribution in [0.2, 0.25) is 0 Å². The molecule has 0 spiro atoms. The van der Waals surface area contributed by atoms with Crippen LogP contribution in [0.4, 0.5) is 4.79 Å². The summed E-state index contributed by atoms with van der Waals surface area (Å²) >= 11 is 0. The van der Waals surface area contributed by atoms with Gasteiger partial charge in [0.2, 0.25) is 5.91 Å². The molecular formula is C19H24N2O3. The zero-order valence-corrected chi connectivity index (χ0v) is 13.9. The van der Waals surface area contributed by atoms with Crippen molar-refractivity contribution in [2.75, 3.05) is 19.6 Å². The Morgan fingerprint density at radius 1 is 1.00 bits per heavy atom. The molecule has 1 heterocycles. The topological polar surface area (TPSA) is 58.6 Å². The Morgan fingerprint density at radius 3 is 2.29 bits per heavy atom. The molecule has 2 aliphatic rings. The van der Waals surface area contributed by atoms with Crippen LogP contribution in [0.1, 0.15) is 37.7 Å². The van der Waals surface area contributed by atoms with Crippen molar-refractivity contribution in [3.05, 3.63) is 47.0 Å². The average Bonchev–Trinajstić information content (AvgIpc) is 2.58. The number of carbonyl (C=O) groups is 2. The maximum atomic E-state index is 12.2. The number of alkyl carbamates (subject to hydrolysis) is 1.